The summed E-state index contributed by atoms with van der Waals surface area (Å²) in [6.07, 6.45) is 0. The maximum Gasteiger partial charge on any atom is 0.194 e. The minimum atomic E-state index is 0.0587. The summed E-state index contributed by atoms with van der Waals surface area (Å²) in [6.45, 7) is 2.06. The maximum absolute atomic E-state index is 13.1. The van der Waals surface area contributed by atoms with Gasteiger partial charge in [-0.2, -0.15) is 0 Å². The molecular formula is C22H15ClO. The first-order valence-corrected chi connectivity index (χ1v) is 8.24. The molecule has 116 valence electrons. The van der Waals surface area contributed by atoms with Gasteiger partial charge < -0.3 is 0 Å². The van der Waals surface area contributed by atoms with Gasteiger partial charge in [0.1, 0.15) is 0 Å². The molecule has 0 spiro atoms. The average Bonchev–Trinajstić information content (AvgIpc) is 2.89. The highest BCUT2D eigenvalue weighted by molar-refractivity contribution is 6.41. The molecule has 0 amide bonds. The van der Waals surface area contributed by atoms with E-state index in [4.69, 9.17) is 11.6 Å². The fourth-order valence-electron chi connectivity index (χ4n) is 3.22. The quantitative estimate of drug-likeness (QED) is 0.580. The van der Waals surface area contributed by atoms with E-state index in [9.17, 15) is 4.79 Å². The number of aryl methyl sites for hydroxylation is 1. The Morgan fingerprint density at radius 1 is 0.708 bits per heavy atom. The third-order valence-corrected chi connectivity index (χ3v) is 4.61. The van der Waals surface area contributed by atoms with Gasteiger partial charge in [0.2, 0.25) is 0 Å². The molecular weight excluding hydrogens is 316 g/mol. The van der Waals surface area contributed by atoms with Gasteiger partial charge in [-0.05, 0) is 35.7 Å². The number of fused-ring (bicyclic) bond motifs is 1. The Morgan fingerprint density at radius 3 is 2.12 bits per heavy atom. The Morgan fingerprint density at radius 2 is 1.42 bits per heavy atom. The van der Waals surface area contributed by atoms with E-state index in [0.29, 0.717) is 5.02 Å². The first kappa shape index (κ1) is 14.9. The van der Waals surface area contributed by atoms with Crippen molar-refractivity contribution in [3.63, 3.8) is 0 Å². The summed E-state index contributed by atoms with van der Waals surface area (Å²) in [5.74, 6) is 0.0587. The van der Waals surface area contributed by atoms with E-state index in [1.54, 1.807) is 0 Å². The van der Waals surface area contributed by atoms with Crippen LogP contribution in [0.2, 0.25) is 5.02 Å². The number of Topliss-reactive ketones (excluding diaryl/α,β-unsaturated/α-hetero) is 1. The van der Waals surface area contributed by atoms with Gasteiger partial charge in [-0.15, -0.1) is 0 Å². The fourth-order valence-corrected chi connectivity index (χ4v) is 3.41. The third kappa shape index (κ3) is 2.38. The lowest BCUT2D eigenvalue weighted by Gasteiger charge is -2.09. The lowest BCUT2D eigenvalue weighted by Crippen LogP contribution is -1.98. The summed E-state index contributed by atoms with van der Waals surface area (Å²) < 4.78 is 0. The number of hydrogen-bond acceptors (Lipinski definition) is 1. The molecule has 0 saturated carbocycles. The van der Waals surface area contributed by atoms with Crippen molar-refractivity contribution in [3.8, 4) is 0 Å². The van der Waals surface area contributed by atoms with Crippen LogP contribution in [0, 0.1) is 6.92 Å². The Balaban J connectivity index is 2.03. The van der Waals surface area contributed by atoms with Crippen molar-refractivity contribution >= 4 is 28.5 Å². The minimum absolute atomic E-state index is 0.0587. The predicted octanol–water partition coefficient (Wildman–Crippen LogP) is 5.80. The standard InChI is InChI=1S/C22H15ClO/c1-14-9-11-15(12-10-14)20-18-7-2-3-8-19(18)22(24)21(20)16-5-4-6-17(23)13-16/h2-13H,1H3. The SMILES string of the molecule is Cc1ccc(C2=C(c3cccc(Cl)c3)C(=O)c3ccccc32)cc1. The van der Waals surface area contributed by atoms with Gasteiger partial charge in [-0.1, -0.05) is 77.8 Å². The predicted molar refractivity (Wildman–Crippen MR) is 99.3 cm³/mol. The van der Waals surface area contributed by atoms with E-state index >= 15 is 0 Å². The van der Waals surface area contributed by atoms with Crippen LogP contribution in [-0.4, -0.2) is 5.78 Å². The number of halogens is 1. The third-order valence-electron chi connectivity index (χ3n) is 4.37. The molecule has 0 aromatic heterocycles. The zero-order valence-electron chi connectivity index (χ0n) is 13.2. The van der Waals surface area contributed by atoms with E-state index in [1.165, 1.54) is 5.56 Å². The lowest BCUT2D eigenvalue weighted by molar-refractivity contribution is 0.105. The lowest BCUT2D eigenvalue weighted by atomic mass is 9.94. The molecule has 1 aliphatic rings. The zero-order valence-corrected chi connectivity index (χ0v) is 14.0. The summed E-state index contributed by atoms with van der Waals surface area (Å²) in [4.78, 5) is 13.1. The van der Waals surface area contributed by atoms with Crippen LogP contribution in [0.4, 0.5) is 0 Å². The molecule has 3 aromatic carbocycles. The van der Waals surface area contributed by atoms with Crippen LogP contribution in [0.25, 0.3) is 11.1 Å². The van der Waals surface area contributed by atoms with Crippen molar-refractivity contribution in [2.75, 3.05) is 0 Å². The van der Waals surface area contributed by atoms with Gasteiger partial charge >= 0.3 is 0 Å². The number of rotatable bonds is 2. The first-order valence-electron chi connectivity index (χ1n) is 7.86. The van der Waals surface area contributed by atoms with Gasteiger partial charge in [0.05, 0.1) is 0 Å². The number of allylic oxidation sites excluding steroid dienone is 1. The molecule has 1 aliphatic carbocycles. The number of hydrogen-bond donors (Lipinski definition) is 0. The zero-order chi connectivity index (χ0) is 16.7. The molecule has 4 rings (SSSR count). The normalized spacial score (nSPS) is 13.3. The molecule has 0 saturated heterocycles. The second-order valence-corrected chi connectivity index (χ2v) is 6.44. The van der Waals surface area contributed by atoms with Crippen LogP contribution in [0.15, 0.2) is 72.8 Å². The van der Waals surface area contributed by atoms with Gasteiger partial charge in [-0.3, -0.25) is 4.79 Å². The number of carbonyl (C=O) groups is 1. The molecule has 0 unspecified atom stereocenters. The maximum atomic E-state index is 13.1. The van der Waals surface area contributed by atoms with E-state index in [1.807, 2.05) is 48.5 Å². The Kier molecular flexibility index (Phi) is 3.59. The summed E-state index contributed by atoms with van der Waals surface area (Å²) in [7, 11) is 0. The van der Waals surface area contributed by atoms with E-state index in [-0.39, 0.29) is 5.78 Å². The smallest absolute Gasteiger partial charge is 0.194 e. The molecule has 0 bridgehead atoms. The number of carbonyl (C=O) groups excluding carboxylic acids is 1. The van der Waals surface area contributed by atoms with Crippen molar-refractivity contribution < 1.29 is 4.79 Å². The highest BCUT2D eigenvalue weighted by Gasteiger charge is 2.30. The molecule has 1 nitrogen and oxygen atoms in total. The van der Waals surface area contributed by atoms with Crippen LogP contribution < -0.4 is 0 Å². The molecule has 3 aromatic rings. The highest BCUT2D eigenvalue weighted by Crippen LogP contribution is 2.42. The van der Waals surface area contributed by atoms with Gasteiger partial charge in [0.25, 0.3) is 0 Å². The summed E-state index contributed by atoms with van der Waals surface area (Å²) >= 11 is 6.16. The highest BCUT2D eigenvalue weighted by atomic mass is 35.5. The Hall–Kier alpha value is -2.64. The van der Waals surface area contributed by atoms with Crippen LogP contribution in [0.3, 0.4) is 0 Å². The Bertz CT molecular complexity index is 981. The van der Waals surface area contributed by atoms with Crippen LogP contribution in [-0.2, 0) is 0 Å². The topological polar surface area (TPSA) is 17.1 Å². The second-order valence-electron chi connectivity index (χ2n) is 6.00. The minimum Gasteiger partial charge on any atom is -0.289 e. The largest absolute Gasteiger partial charge is 0.289 e. The van der Waals surface area contributed by atoms with Crippen LogP contribution in [0.5, 0.6) is 0 Å². The van der Waals surface area contributed by atoms with Crippen LogP contribution >= 0.6 is 11.6 Å². The molecule has 0 N–H and O–H groups in total. The molecule has 0 aliphatic heterocycles. The van der Waals surface area contributed by atoms with Gasteiger partial charge in [0, 0.05) is 21.7 Å². The molecule has 24 heavy (non-hydrogen) atoms. The van der Waals surface area contributed by atoms with Crippen molar-refractivity contribution in [2.24, 2.45) is 0 Å². The second kappa shape index (κ2) is 5.77. The molecule has 2 heteroatoms. The fraction of sp³-hybridized carbons (Fsp3) is 0.0455. The molecule has 0 fully saturated rings. The number of benzene rings is 3. The summed E-state index contributed by atoms with van der Waals surface area (Å²) in [5, 5.41) is 0.631. The molecule has 0 atom stereocenters. The van der Waals surface area contributed by atoms with Crippen LogP contribution in [0.1, 0.15) is 32.6 Å². The monoisotopic (exact) mass is 330 g/mol. The van der Waals surface area contributed by atoms with E-state index in [2.05, 4.69) is 31.2 Å². The van der Waals surface area contributed by atoms with Crippen molar-refractivity contribution in [3.05, 3.63) is 106 Å². The number of ketones is 1. The van der Waals surface area contributed by atoms with Gasteiger partial charge in [0.15, 0.2) is 5.78 Å². The summed E-state index contributed by atoms with van der Waals surface area (Å²) in [6, 6.07) is 23.6. The first-order chi connectivity index (χ1) is 11.6. The Labute approximate surface area is 146 Å². The van der Waals surface area contributed by atoms with Crippen molar-refractivity contribution in [1.29, 1.82) is 0 Å². The van der Waals surface area contributed by atoms with Crippen molar-refractivity contribution in [1.82, 2.24) is 0 Å². The summed E-state index contributed by atoms with van der Waals surface area (Å²) in [5.41, 5.74) is 6.55. The van der Waals surface area contributed by atoms with E-state index < -0.39 is 0 Å². The molecule has 0 radical (unpaired) electrons. The average molecular weight is 331 g/mol. The van der Waals surface area contributed by atoms with Crippen molar-refractivity contribution in [2.45, 2.75) is 6.92 Å². The molecule has 0 heterocycles. The van der Waals surface area contributed by atoms with Gasteiger partial charge in [-0.25, -0.2) is 0 Å². The van der Waals surface area contributed by atoms with E-state index in [0.717, 1.165) is 33.4 Å².